The minimum atomic E-state index is -0.352. The molecule has 1 aromatic carbocycles. The number of amides is 1. The average Bonchev–Trinajstić information content (AvgIpc) is 2.55. The fourth-order valence-corrected chi connectivity index (χ4v) is 2.91. The molecule has 0 bridgehead atoms. The summed E-state index contributed by atoms with van der Waals surface area (Å²) in [5.41, 5.74) is 2.37. The molecule has 1 aromatic rings. The first-order valence-corrected chi connectivity index (χ1v) is 7.54. The molecular weight excluding hydrogens is 268 g/mol. The lowest BCUT2D eigenvalue weighted by atomic mass is 10.0. The van der Waals surface area contributed by atoms with Crippen LogP contribution in [0.3, 0.4) is 0 Å². The van der Waals surface area contributed by atoms with Gasteiger partial charge in [0.25, 0.3) is 5.91 Å². The standard InChI is InChI=1S/C16H22N2O3/c1-12-4-2-3-5-13(12)15-11-18(7-9-21-15)16(19)14-10-17-6-8-20-14/h2-5,14-15,17H,6-11H2,1H3/t14-,15-/m1/s1. The van der Waals surface area contributed by atoms with Crippen molar-refractivity contribution in [1.29, 1.82) is 0 Å². The summed E-state index contributed by atoms with van der Waals surface area (Å²) in [5.74, 6) is 0.0732. The third-order valence-corrected chi connectivity index (χ3v) is 4.12. The highest BCUT2D eigenvalue weighted by Gasteiger charge is 2.31. The Morgan fingerprint density at radius 1 is 1.29 bits per heavy atom. The van der Waals surface area contributed by atoms with Gasteiger partial charge in [0.1, 0.15) is 12.2 Å². The van der Waals surface area contributed by atoms with E-state index in [0.717, 1.165) is 12.1 Å². The van der Waals surface area contributed by atoms with Gasteiger partial charge in [0.2, 0.25) is 0 Å². The lowest BCUT2D eigenvalue weighted by Gasteiger charge is -2.36. The quantitative estimate of drug-likeness (QED) is 0.878. The van der Waals surface area contributed by atoms with Crippen LogP contribution in [0.15, 0.2) is 24.3 Å². The first kappa shape index (κ1) is 14.5. The Balaban J connectivity index is 1.68. The van der Waals surface area contributed by atoms with Gasteiger partial charge in [-0.1, -0.05) is 24.3 Å². The van der Waals surface area contributed by atoms with Crippen molar-refractivity contribution >= 4 is 5.91 Å². The zero-order valence-corrected chi connectivity index (χ0v) is 12.4. The Morgan fingerprint density at radius 2 is 2.14 bits per heavy atom. The number of nitrogens with zero attached hydrogens (tertiary/aromatic N) is 1. The van der Waals surface area contributed by atoms with Crippen LogP contribution in [-0.2, 0) is 14.3 Å². The number of hydrogen-bond donors (Lipinski definition) is 1. The molecule has 2 aliphatic heterocycles. The monoisotopic (exact) mass is 290 g/mol. The molecule has 2 aliphatic rings. The Kier molecular flexibility index (Phi) is 4.53. The molecule has 1 N–H and O–H groups in total. The van der Waals surface area contributed by atoms with Crippen molar-refractivity contribution in [3.8, 4) is 0 Å². The molecule has 0 spiro atoms. The maximum atomic E-state index is 12.5. The van der Waals surface area contributed by atoms with E-state index in [1.165, 1.54) is 5.56 Å². The van der Waals surface area contributed by atoms with Crippen LogP contribution >= 0.6 is 0 Å². The number of morpholine rings is 2. The highest BCUT2D eigenvalue weighted by Crippen LogP contribution is 2.25. The Morgan fingerprint density at radius 3 is 2.90 bits per heavy atom. The van der Waals surface area contributed by atoms with E-state index in [4.69, 9.17) is 9.47 Å². The van der Waals surface area contributed by atoms with E-state index in [1.54, 1.807) is 0 Å². The van der Waals surface area contributed by atoms with Crippen LogP contribution < -0.4 is 5.32 Å². The minimum Gasteiger partial charge on any atom is -0.370 e. The largest absolute Gasteiger partial charge is 0.370 e. The third-order valence-electron chi connectivity index (χ3n) is 4.12. The van der Waals surface area contributed by atoms with E-state index in [0.29, 0.717) is 32.8 Å². The predicted octanol–water partition coefficient (Wildman–Crippen LogP) is 0.883. The lowest BCUT2D eigenvalue weighted by Crippen LogP contribution is -2.52. The second-order valence-corrected chi connectivity index (χ2v) is 5.56. The molecule has 0 unspecified atom stereocenters. The molecule has 1 amide bonds. The van der Waals surface area contributed by atoms with E-state index < -0.39 is 0 Å². The van der Waals surface area contributed by atoms with Crippen molar-refractivity contribution < 1.29 is 14.3 Å². The SMILES string of the molecule is Cc1ccccc1[C@H]1CN(C(=O)[C@H]2CNCCO2)CCO1. The van der Waals surface area contributed by atoms with E-state index in [2.05, 4.69) is 24.4 Å². The molecule has 2 fully saturated rings. The fraction of sp³-hybridized carbons (Fsp3) is 0.562. The number of rotatable bonds is 2. The number of nitrogens with one attached hydrogen (secondary N) is 1. The molecule has 2 saturated heterocycles. The molecule has 0 saturated carbocycles. The second kappa shape index (κ2) is 6.56. The number of benzene rings is 1. The Labute approximate surface area is 125 Å². The molecule has 5 heteroatoms. The molecule has 21 heavy (non-hydrogen) atoms. The zero-order valence-electron chi connectivity index (χ0n) is 12.4. The van der Waals surface area contributed by atoms with Gasteiger partial charge in [-0.2, -0.15) is 0 Å². The molecular formula is C16H22N2O3. The van der Waals surface area contributed by atoms with Crippen LogP contribution in [0, 0.1) is 6.92 Å². The van der Waals surface area contributed by atoms with Crippen LogP contribution in [0.1, 0.15) is 17.2 Å². The van der Waals surface area contributed by atoms with Gasteiger partial charge in [-0.3, -0.25) is 4.79 Å². The van der Waals surface area contributed by atoms with E-state index in [1.807, 2.05) is 17.0 Å². The van der Waals surface area contributed by atoms with Gasteiger partial charge in [-0.05, 0) is 18.1 Å². The summed E-state index contributed by atoms with van der Waals surface area (Å²) < 4.78 is 11.4. The zero-order chi connectivity index (χ0) is 14.7. The second-order valence-electron chi connectivity index (χ2n) is 5.56. The third kappa shape index (κ3) is 3.26. The van der Waals surface area contributed by atoms with E-state index >= 15 is 0 Å². The molecule has 114 valence electrons. The number of aryl methyl sites for hydroxylation is 1. The molecule has 2 heterocycles. The van der Waals surface area contributed by atoms with E-state index in [-0.39, 0.29) is 18.1 Å². The molecule has 0 aliphatic carbocycles. The lowest BCUT2D eigenvalue weighted by molar-refractivity contribution is -0.152. The first-order valence-electron chi connectivity index (χ1n) is 7.54. The summed E-state index contributed by atoms with van der Waals surface area (Å²) in [6, 6.07) is 8.19. The summed E-state index contributed by atoms with van der Waals surface area (Å²) in [6.07, 6.45) is -0.394. The van der Waals surface area contributed by atoms with Gasteiger partial charge >= 0.3 is 0 Å². The number of carbonyl (C=O) groups excluding carboxylic acids is 1. The fourth-order valence-electron chi connectivity index (χ4n) is 2.91. The Hall–Kier alpha value is -1.43. The first-order chi connectivity index (χ1) is 10.3. The van der Waals surface area contributed by atoms with Crippen LogP contribution in [-0.4, -0.2) is 56.3 Å². The van der Waals surface area contributed by atoms with Gasteiger partial charge in [0.05, 0.1) is 19.8 Å². The van der Waals surface area contributed by atoms with Crippen molar-refractivity contribution in [2.75, 3.05) is 39.4 Å². The summed E-state index contributed by atoms with van der Waals surface area (Å²) in [6.45, 7) is 5.91. The average molecular weight is 290 g/mol. The summed E-state index contributed by atoms with van der Waals surface area (Å²) in [7, 11) is 0. The van der Waals surface area contributed by atoms with Crippen molar-refractivity contribution in [2.24, 2.45) is 0 Å². The highest BCUT2D eigenvalue weighted by molar-refractivity contribution is 5.81. The molecule has 0 aromatic heterocycles. The van der Waals surface area contributed by atoms with Crippen LogP contribution in [0.2, 0.25) is 0 Å². The van der Waals surface area contributed by atoms with Crippen molar-refractivity contribution in [2.45, 2.75) is 19.1 Å². The van der Waals surface area contributed by atoms with Crippen LogP contribution in [0.4, 0.5) is 0 Å². The van der Waals surface area contributed by atoms with Crippen molar-refractivity contribution in [3.05, 3.63) is 35.4 Å². The van der Waals surface area contributed by atoms with Crippen molar-refractivity contribution in [1.82, 2.24) is 10.2 Å². The molecule has 2 atom stereocenters. The van der Waals surface area contributed by atoms with Crippen LogP contribution in [0.5, 0.6) is 0 Å². The number of hydrogen-bond acceptors (Lipinski definition) is 4. The summed E-state index contributed by atoms with van der Waals surface area (Å²) in [5, 5.41) is 3.20. The summed E-state index contributed by atoms with van der Waals surface area (Å²) in [4.78, 5) is 14.4. The predicted molar refractivity (Wildman–Crippen MR) is 79.1 cm³/mol. The number of carbonyl (C=O) groups is 1. The maximum Gasteiger partial charge on any atom is 0.253 e. The maximum absolute atomic E-state index is 12.5. The number of ether oxygens (including phenoxy) is 2. The highest BCUT2D eigenvalue weighted by atomic mass is 16.5. The van der Waals surface area contributed by atoms with E-state index in [9.17, 15) is 4.79 Å². The van der Waals surface area contributed by atoms with Gasteiger partial charge in [0, 0.05) is 19.6 Å². The smallest absolute Gasteiger partial charge is 0.253 e. The van der Waals surface area contributed by atoms with Gasteiger partial charge < -0.3 is 19.7 Å². The van der Waals surface area contributed by atoms with Crippen molar-refractivity contribution in [3.63, 3.8) is 0 Å². The summed E-state index contributed by atoms with van der Waals surface area (Å²) >= 11 is 0. The van der Waals surface area contributed by atoms with Gasteiger partial charge in [-0.25, -0.2) is 0 Å². The minimum absolute atomic E-state index is 0.0413. The normalized spacial score (nSPS) is 26.6. The Bertz CT molecular complexity index is 500. The topological polar surface area (TPSA) is 50.8 Å². The molecule has 5 nitrogen and oxygen atoms in total. The van der Waals surface area contributed by atoms with Crippen LogP contribution in [0.25, 0.3) is 0 Å². The molecule has 0 radical (unpaired) electrons. The molecule has 3 rings (SSSR count). The van der Waals surface area contributed by atoms with Gasteiger partial charge in [0.15, 0.2) is 0 Å². The van der Waals surface area contributed by atoms with Gasteiger partial charge in [-0.15, -0.1) is 0 Å².